The molecule has 1 aliphatic heterocycles. The summed E-state index contributed by atoms with van der Waals surface area (Å²) in [7, 11) is 1.60. The second-order valence-electron chi connectivity index (χ2n) is 7.94. The molecule has 0 atom stereocenters. The van der Waals surface area contributed by atoms with Crippen LogP contribution in [-0.2, 0) is 12.7 Å². The van der Waals surface area contributed by atoms with Gasteiger partial charge in [-0.15, -0.1) is 0 Å². The van der Waals surface area contributed by atoms with Gasteiger partial charge >= 0.3 is 12.2 Å². The Morgan fingerprint density at radius 2 is 1.97 bits per heavy atom. The van der Waals surface area contributed by atoms with E-state index in [1.165, 1.54) is 12.1 Å². The van der Waals surface area contributed by atoms with Crippen molar-refractivity contribution in [3.05, 3.63) is 77.3 Å². The standard InChI is InChI=1S/C25H24F3N3O3/c1-16-29-15-23(34-16)21-8-5-19(13-22(21)33-2)18-9-11-31(12-10-18)24(32)30-14-17-3-6-20(7-4-17)25(26,27)28/h3-9,13,15H,10-12,14H2,1-2H3,(H,30,32). The third kappa shape index (κ3) is 5.24. The number of hydrogen-bond acceptors (Lipinski definition) is 4. The van der Waals surface area contributed by atoms with Crippen LogP contribution in [0.5, 0.6) is 5.75 Å². The molecule has 0 saturated heterocycles. The fourth-order valence-corrected chi connectivity index (χ4v) is 3.80. The van der Waals surface area contributed by atoms with Crippen molar-refractivity contribution in [1.82, 2.24) is 15.2 Å². The van der Waals surface area contributed by atoms with E-state index in [0.29, 0.717) is 42.5 Å². The van der Waals surface area contributed by atoms with Gasteiger partial charge in [-0.3, -0.25) is 0 Å². The van der Waals surface area contributed by atoms with Gasteiger partial charge in [-0.25, -0.2) is 9.78 Å². The van der Waals surface area contributed by atoms with Gasteiger partial charge < -0.3 is 19.4 Å². The Hall–Kier alpha value is -3.75. The molecule has 0 radical (unpaired) electrons. The third-order valence-electron chi connectivity index (χ3n) is 5.68. The lowest BCUT2D eigenvalue weighted by atomic mass is 9.97. The smallest absolute Gasteiger partial charge is 0.416 e. The van der Waals surface area contributed by atoms with Crippen molar-refractivity contribution in [2.75, 3.05) is 20.2 Å². The second-order valence-corrected chi connectivity index (χ2v) is 7.94. The molecule has 1 N–H and O–H groups in total. The number of carbonyl (C=O) groups excluding carboxylic acids is 1. The third-order valence-corrected chi connectivity index (χ3v) is 5.68. The molecule has 0 unspecified atom stereocenters. The Morgan fingerprint density at radius 1 is 1.21 bits per heavy atom. The van der Waals surface area contributed by atoms with E-state index in [1.54, 1.807) is 25.1 Å². The lowest BCUT2D eigenvalue weighted by Crippen LogP contribution is -2.41. The van der Waals surface area contributed by atoms with Crippen molar-refractivity contribution in [2.45, 2.75) is 26.1 Å². The summed E-state index contributed by atoms with van der Waals surface area (Å²) in [6.07, 6.45) is -0.0568. The van der Waals surface area contributed by atoms with Crippen molar-refractivity contribution in [3.63, 3.8) is 0 Å². The molecule has 6 nitrogen and oxygen atoms in total. The van der Waals surface area contributed by atoms with Crippen LogP contribution >= 0.6 is 0 Å². The molecule has 2 amide bonds. The number of methoxy groups -OCH3 is 1. The number of amides is 2. The summed E-state index contributed by atoms with van der Waals surface area (Å²) >= 11 is 0. The zero-order valence-electron chi connectivity index (χ0n) is 18.8. The Morgan fingerprint density at radius 3 is 2.56 bits per heavy atom. The van der Waals surface area contributed by atoms with Crippen LogP contribution in [-0.4, -0.2) is 36.1 Å². The first-order valence-corrected chi connectivity index (χ1v) is 10.7. The minimum absolute atomic E-state index is 0.157. The molecule has 2 heterocycles. The molecule has 178 valence electrons. The molecule has 34 heavy (non-hydrogen) atoms. The molecular weight excluding hydrogens is 447 g/mol. The molecule has 1 aromatic heterocycles. The van der Waals surface area contributed by atoms with Gasteiger partial charge in [0, 0.05) is 26.6 Å². The van der Waals surface area contributed by atoms with E-state index in [1.807, 2.05) is 24.3 Å². The first-order valence-electron chi connectivity index (χ1n) is 10.7. The minimum atomic E-state index is -4.38. The highest BCUT2D eigenvalue weighted by Gasteiger charge is 2.30. The maximum absolute atomic E-state index is 12.7. The van der Waals surface area contributed by atoms with Gasteiger partial charge in [0.1, 0.15) is 5.75 Å². The summed E-state index contributed by atoms with van der Waals surface area (Å²) in [5, 5.41) is 2.77. The number of ether oxygens (including phenoxy) is 1. The van der Waals surface area contributed by atoms with E-state index in [9.17, 15) is 18.0 Å². The van der Waals surface area contributed by atoms with E-state index in [-0.39, 0.29) is 12.6 Å². The molecule has 0 fully saturated rings. The van der Waals surface area contributed by atoms with Crippen LogP contribution in [0.4, 0.5) is 18.0 Å². The summed E-state index contributed by atoms with van der Waals surface area (Å²) in [6, 6.07) is 10.4. The fraction of sp³-hybridized carbons (Fsp3) is 0.280. The summed E-state index contributed by atoms with van der Waals surface area (Å²) in [5.41, 5.74) is 2.81. The fourth-order valence-electron chi connectivity index (χ4n) is 3.80. The molecular formula is C25H24F3N3O3. The van der Waals surface area contributed by atoms with Crippen LogP contribution < -0.4 is 10.1 Å². The van der Waals surface area contributed by atoms with E-state index >= 15 is 0 Å². The number of benzene rings is 2. The zero-order chi connectivity index (χ0) is 24.3. The highest BCUT2D eigenvalue weighted by molar-refractivity contribution is 5.78. The quantitative estimate of drug-likeness (QED) is 0.520. The van der Waals surface area contributed by atoms with Gasteiger partial charge in [0.05, 0.1) is 24.4 Å². The number of halogens is 3. The Kier molecular flexibility index (Phi) is 6.63. The van der Waals surface area contributed by atoms with Gasteiger partial charge in [-0.05, 0) is 47.4 Å². The predicted octanol–water partition coefficient (Wildman–Crippen LogP) is 5.68. The summed E-state index contributed by atoms with van der Waals surface area (Å²) < 4.78 is 49.2. The van der Waals surface area contributed by atoms with Gasteiger partial charge in [0.15, 0.2) is 11.7 Å². The average Bonchev–Trinajstić information content (AvgIpc) is 3.28. The molecule has 0 aliphatic carbocycles. The summed E-state index contributed by atoms with van der Waals surface area (Å²) in [5.74, 6) is 1.88. The van der Waals surface area contributed by atoms with E-state index < -0.39 is 11.7 Å². The number of aryl methyl sites for hydroxylation is 1. The highest BCUT2D eigenvalue weighted by atomic mass is 19.4. The monoisotopic (exact) mass is 471 g/mol. The van der Waals surface area contributed by atoms with Crippen molar-refractivity contribution in [3.8, 4) is 17.1 Å². The van der Waals surface area contributed by atoms with E-state index in [0.717, 1.165) is 28.8 Å². The largest absolute Gasteiger partial charge is 0.496 e. The lowest BCUT2D eigenvalue weighted by molar-refractivity contribution is -0.137. The maximum Gasteiger partial charge on any atom is 0.416 e. The Balaban J connectivity index is 1.37. The minimum Gasteiger partial charge on any atom is -0.496 e. The Labute approximate surface area is 195 Å². The van der Waals surface area contributed by atoms with Gasteiger partial charge in [-0.2, -0.15) is 13.2 Å². The number of aromatic nitrogens is 1. The lowest BCUT2D eigenvalue weighted by Gasteiger charge is -2.27. The van der Waals surface area contributed by atoms with Gasteiger partial charge in [0.25, 0.3) is 0 Å². The predicted molar refractivity (Wildman–Crippen MR) is 121 cm³/mol. The van der Waals surface area contributed by atoms with Crippen LogP contribution in [0, 0.1) is 6.92 Å². The number of nitrogens with zero attached hydrogens (tertiary/aromatic N) is 2. The molecule has 0 spiro atoms. The SMILES string of the molecule is COc1cc(C2=CCN(C(=O)NCc3ccc(C(F)(F)F)cc3)CC2)ccc1-c1cnc(C)o1. The van der Waals surface area contributed by atoms with Gasteiger partial charge in [-0.1, -0.05) is 24.3 Å². The number of oxazole rings is 1. The van der Waals surface area contributed by atoms with Crippen molar-refractivity contribution in [2.24, 2.45) is 0 Å². The number of nitrogens with one attached hydrogen (secondary N) is 1. The average molecular weight is 471 g/mol. The number of carbonyl (C=O) groups is 1. The molecule has 0 saturated carbocycles. The zero-order valence-corrected chi connectivity index (χ0v) is 18.8. The number of alkyl halides is 3. The summed E-state index contributed by atoms with van der Waals surface area (Å²) in [6.45, 7) is 2.89. The van der Waals surface area contributed by atoms with Crippen LogP contribution in [0.2, 0.25) is 0 Å². The molecule has 3 aromatic rings. The second kappa shape index (κ2) is 9.62. The topological polar surface area (TPSA) is 67.6 Å². The first kappa shape index (κ1) is 23.4. The molecule has 0 bridgehead atoms. The molecule has 2 aromatic carbocycles. The molecule has 1 aliphatic rings. The van der Waals surface area contributed by atoms with E-state index in [4.69, 9.17) is 9.15 Å². The summed E-state index contributed by atoms with van der Waals surface area (Å²) in [4.78, 5) is 18.3. The van der Waals surface area contributed by atoms with Crippen molar-refractivity contribution >= 4 is 11.6 Å². The maximum atomic E-state index is 12.7. The Bertz CT molecular complexity index is 1200. The van der Waals surface area contributed by atoms with Crippen LogP contribution in [0.3, 0.4) is 0 Å². The number of rotatable bonds is 5. The molecule has 4 rings (SSSR count). The van der Waals surface area contributed by atoms with Gasteiger partial charge in [0.2, 0.25) is 0 Å². The van der Waals surface area contributed by atoms with E-state index in [2.05, 4.69) is 10.3 Å². The van der Waals surface area contributed by atoms with Crippen LogP contribution in [0.25, 0.3) is 16.9 Å². The van der Waals surface area contributed by atoms with Crippen molar-refractivity contribution in [1.29, 1.82) is 0 Å². The molecule has 9 heteroatoms. The number of hydrogen-bond donors (Lipinski definition) is 1. The number of urea groups is 1. The van der Waals surface area contributed by atoms with Crippen molar-refractivity contribution < 1.29 is 27.1 Å². The van der Waals surface area contributed by atoms with Crippen LogP contribution in [0.15, 0.2) is 59.2 Å². The van der Waals surface area contributed by atoms with Crippen LogP contribution in [0.1, 0.15) is 29.0 Å². The highest BCUT2D eigenvalue weighted by Crippen LogP contribution is 2.34. The normalized spacial score (nSPS) is 14.0. The first-order chi connectivity index (χ1) is 16.2.